The number of imidazole rings is 2. The molecule has 0 aliphatic heterocycles. The largest absolute Gasteiger partial charge is 0.542 e. The first-order valence-corrected chi connectivity index (χ1v) is 26.2. The van der Waals surface area contributed by atoms with Crippen LogP contribution in [0.3, 0.4) is 0 Å². The Kier molecular flexibility index (Phi) is 12.2. The molecule has 0 aliphatic rings. The number of ether oxygens (including phenoxy) is 2. The molecule has 0 spiro atoms. The zero-order valence-corrected chi connectivity index (χ0v) is 39.4. The van der Waals surface area contributed by atoms with Gasteiger partial charge in [-0.2, -0.15) is 0 Å². The second-order valence-electron chi connectivity index (χ2n) is 15.8. The van der Waals surface area contributed by atoms with Crippen molar-refractivity contribution in [1.82, 2.24) is 19.1 Å². The highest BCUT2D eigenvalue weighted by molar-refractivity contribution is 9.10. The Bertz CT molecular complexity index is 2330. The number of aromatic nitrogens is 4. The van der Waals surface area contributed by atoms with Crippen LogP contribution in [0.15, 0.2) is 70.1 Å². The molecular weight excluding hydrogens is 889 g/mol. The molecule has 10 nitrogen and oxygen atoms in total. The van der Waals surface area contributed by atoms with E-state index in [-0.39, 0.29) is 22.0 Å². The van der Waals surface area contributed by atoms with E-state index < -0.39 is 16.6 Å². The van der Waals surface area contributed by atoms with Gasteiger partial charge >= 0.3 is 11.9 Å². The van der Waals surface area contributed by atoms with Crippen LogP contribution in [0.1, 0.15) is 60.9 Å². The average molecular weight is 935 g/mol. The summed E-state index contributed by atoms with van der Waals surface area (Å²) in [4.78, 5) is 34.6. The van der Waals surface area contributed by atoms with Crippen LogP contribution in [0.4, 0.5) is 0 Å². The predicted octanol–water partition coefficient (Wildman–Crippen LogP) is 12.0. The molecule has 0 fully saturated rings. The molecule has 0 amide bonds. The van der Waals surface area contributed by atoms with Crippen LogP contribution >= 0.6 is 54.5 Å². The Hall–Kier alpha value is -3.29. The number of carbonyl (C=O) groups is 2. The van der Waals surface area contributed by atoms with Crippen LogP contribution in [0.2, 0.25) is 36.3 Å². The van der Waals surface area contributed by atoms with Crippen LogP contribution in [0.5, 0.6) is 11.5 Å². The zero-order chi connectivity index (χ0) is 40.0. The summed E-state index contributed by atoms with van der Waals surface area (Å²) < 4.78 is 28.7. The molecule has 0 bridgehead atoms. The normalized spacial score (nSPS) is 12.4. The summed E-state index contributed by atoms with van der Waals surface area (Å²) in [6, 6.07) is 15.7. The Morgan fingerprint density at radius 2 is 1.06 bits per heavy atom. The van der Waals surface area contributed by atoms with Crippen molar-refractivity contribution in [3.05, 3.63) is 79.9 Å². The lowest BCUT2D eigenvalue weighted by Crippen LogP contribution is -2.44. The second kappa shape index (κ2) is 15.7. The Morgan fingerprint density at radius 1 is 0.630 bits per heavy atom. The van der Waals surface area contributed by atoms with E-state index in [2.05, 4.69) is 110 Å². The van der Waals surface area contributed by atoms with Gasteiger partial charge in [0.1, 0.15) is 34.2 Å². The fourth-order valence-electron chi connectivity index (χ4n) is 4.76. The van der Waals surface area contributed by atoms with Crippen LogP contribution in [-0.4, -0.2) is 61.9 Å². The standard InChI is InChI=1S/2C19H23BrN2O3SSi/c1-19(2,3)27(5,6)25-15-10-16(26-17(15)18(23)24-4)22-11-21-13-9-12(20)7-8-14(13)22;1-19(2,3)27(5,6)25-15-10-16(26-17(15)18(23)24-4)22-11-21-13-8-7-12(20)9-14(13)22/h2*7-11H,1-6H3. The highest BCUT2D eigenvalue weighted by Gasteiger charge is 2.41. The van der Waals surface area contributed by atoms with Crippen molar-refractivity contribution in [2.75, 3.05) is 14.2 Å². The molecule has 0 aliphatic carbocycles. The minimum atomic E-state index is -2.10. The summed E-state index contributed by atoms with van der Waals surface area (Å²) in [6.45, 7) is 21.7. The van der Waals surface area contributed by atoms with Gasteiger partial charge in [0.05, 0.1) is 36.3 Å². The van der Waals surface area contributed by atoms with Crippen LogP contribution in [-0.2, 0) is 9.47 Å². The van der Waals surface area contributed by atoms with Crippen molar-refractivity contribution in [2.24, 2.45) is 0 Å². The second-order valence-corrected chi connectivity index (χ2v) is 29.1. The molecule has 4 heterocycles. The molecule has 54 heavy (non-hydrogen) atoms. The molecule has 288 valence electrons. The third kappa shape index (κ3) is 8.73. The van der Waals surface area contributed by atoms with E-state index in [9.17, 15) is 9.59 Å². The van der Waals surface area contributed by atoms with Gasteiger partial charge in [-0.25, -0.2) is 19.6 Å². The number of carbonyl (C=O) groups excluding carboxylic acids is 2. The predicted molar refractivity (Wildman–Crippen MR) is 232 cm³/mol. The minimum Gasteiger partial charge on any atom is -0.542 e. The maximum absolute atomic E-state index is 12.4. The summed E-state index contributed by atoms with van der Waals surface area (Å²) in [7, 11) is -1.42. The van der Waals surface area contributed by atoms with E-state index in [4.69, 9.17) is 18.3 Å². The lowest BCUT2D eigenvalue weighted by Gasteiger charge is -2.36. The van der Waals surface area contributed by atoms with E-state index in [1.165, 1.54) is 36.9 Å². The van der Waals surface area contributed by atoms with Crippen molar-refractivity contribution in [3.63, 3.8) is 0 Å². The monoisotopic (exact) mass is 932 g/mol. The fraction of sp³-hybridized carbons (Fsp3) is 0.368. The van der Waals surface area contributed by atoms with Gasteiger partial charge in [0.25, 0.3) is 16.6 Å². The Balaban J connectivity index is 0.000000208. The molecule has 6 rings (SSSR count). The maximum atomic E-state index is 12.4. The molecule has 0 saturated carbocycles. The van der Waals surface area contributed by atoms with Crippen molar-refractivity contribution < 1.29 is 27.9 Å². The number of benzene rings is 2. The number of rotatable bonds is 8. The Morgan fingerprint density at radius 3 is 1.52 bits per heavy atom. The van der Waals surface area contributed by atoms with Crippen molar-refractivity contribution in [3.8, 4) is 21.5 Å². The molecule has 0 N–H and O–H groups in total. The third-order valence-corrected chi connectivity index (χ3v) is 21.8. The SMILES string of the molecule is COC(=O)c1sc(-n2cnc3cc(Br)ccc32)cc1O[Si](C)(C)C(C)(C)C.COC(=O)c1sc(-n2cnc3ccc(Br)cc32)cc1O[Si](C)(C)C(C)(C)C. The van der Waals surface area contributed by atoms with E-state index >= 15 is 0 Å². The zero-order valence-electron chi connectivity index (χ0n) is 32.6. The fourth-order valence-corrected chi connectivity index (χ4v) is 9.61. The maximum Gasteiger partial charge on any atom is 0.351 e. The molecule has 0 saturated heterocycles. The molecule has 2 aromatic carbocycles. The topological polar surface area (TPSA) is 107 Å². The van der Waals surface area contributed by atoms with Crippen LogP contribution < -0.4 is 8.85 Å². The van der Waals surface area contributed by atoms with Crippen LogP contribution in [0, 0.1) is 0 Å². The van der Waals surface area contributed by atoms with Gasteiger partial charge in [0, 0.05) is 21.1 Å². The molecule has 0 atom stereocenters. The van der Waals surface area contributed by atoms with Gasteiger partial charge in [-0.3, -0.25) is 9.13 Å². The number of hydrogen-bond acceptors (Lipinski definition) is 10. The number of hydrogen-bond donors (Lipinski definition) is 0. The summed E-state index contributed by atoms with van der Waals surface area (Å²) in [5.41, 5.74) is 3.69. The number of methoxy groups -OCH3 is 2. The van der Waals surface area contributed by atoms with E-state index in [1.54, 1.807) is 12.7 Å². The summed E-state index contributed by atoms with van der Waals surface area (Å²) in [5, 5.41) is 1.78. The van der Waals surface area contributed by atoms with Gasteiger partial charge in [0.15, 0.2) is 9.75 Å². The smallest absolute Gasteiger partial charge is 0.351 e. The molecular formula is C38H46Br2N4O6S2Si2. The highest BCUT2D eigenvalue weighted by atomic mass is 79.9. The number of halogens is 2. The average Bonchev–Trinajstić information content (AvgIpc) is 3.87. The molecule has 16 heteroatoms. The summed E-state index contributed by atoms with van der Waals surface area (Å²) >= 11 is 9.69. The third-order valence-electron chi connectivity index (χ3n) is 9.95. The molecule has 0 unspecified atom stereocenters. The van der Waals surface area contributed by atoms with Crippen molar-refractivity contribution >= 4 is 105 Å². The lowest BCUT2D eigenvalue weighted by atomic mass is 10.2. The highest BCUT2D eigenvalue weighted by Crippen LogP contribution is 2.43. The minimum absolute atomic E-state index is 0.0229. The van der Waals surface area contributed by atoms with E-state index in [1.807, 2.05) is 57.7 Å². The van der Waals surface area contributed by atoms with Crippen LogP contribution in [0.25, 0.3) is 32.1 Å². The van der Waals surface area contributed by atoms with Gasteiger partial charge in [-0.15, -0.1) is 22.7 Å². The van der Waals surface area contributed by atoms with E-state index in [0.717, 1.165) is 41.0 Å². The number of thiophene rings is 2. The van der Waals surface area contributed by atoms with Crippen molar-refractivity contribution in [2.45, 2.75) is 77.8 Å². The molecule has 4 aromatic heterocycles. The molecule has 6 aromatic rings. The quantitative estimate of drug-likeness (QED) is 0.110. The lowest BCUT2D eigenvalue weighted by molar-refractivity contribution is 0.0595. The van der Waals surface area contributed by atoms with Gasteiger partial charge in [0.2, 0.25) is 0 Å². The van der Waals surface area contributed by atoms with Crippen molar-refractivity contribution in [1.29, 1.82) is 0 Å². The Labute approximate surface area is 343 Å². The van der Waals surface area contributed by atoms with Gasteiger partial charge in [-0.05, 0) is 72.7 Å². The first-order chi connectivity index (χ1) is 25.1. The first kappa shape index (κ1) is 41.9. The molecule has 0 radical (unpaired) electrons. The van der Waals surface area contributed by atoms with Gasteiger partial charge < -0.3 is 18.3 Å². The van der Waals surface area contributed by atoms with E-state index in [0.29, 0.717) is 21.3 Å². The first-order valence-electron chi connectivity index (χ1n) is 17.1. The van der Waals surface area contributed by atoms with Gasteiger partial charge in [-0.1, -0.05) is 73.4 Å². The number of esters is 2. The number of nitrogens with zero attached hydrogens (tertiary/aromatic N) is 4. The summed E-state index contributed by atoms with van der Waals surface area (Å²) in [6.07, 6.45) is 3.53. The number of fused-ring (bicyclic) bond motifs is 2. The summed E-state index contributed by atoms with van der Waals surface area (Å²) in [5.74, 6) is 0.412.